The minimum atomic E-state index is -0.532. The Morgan fingerprint density at radius 3 is 2.62 bits per heavy atom. The summed E-state index contributed by atoms with van der Waals surface area (Å²) in [6, 6.07) is 9.63. The van der Waals surface area contributed by atoms with Crippen molar-refractivity contribution in [3.63, 3.8) is 0 Å². The highest BCUT2D eigenvalue weighted by molar-refractivity contribution is 5.98. The van der Waals surface area contributed by atoms with E-state index in [1.165, 1.54) is 7.11 Å². The molecule has 29 heavy (non-hydrogen) atoms. The number of carbonyl (C=O) groups excluding carboxylic acids is 2. The van der Waals surface area contributed by atoms with E-state index >= 15 is 0 Å². The Balaban J connectivity index is 1.81. The summed E-state index contributed by atoms with van der Waals surface area (Å²) in [6.45, 7) is 0.981. The van der Waals surface area contributed by atoms with Gasteiger partial charge in [-0.2, -0.15) is 0 Å². The number of carbonyl (C=O) groups is 2. The van der Waals surface area contributed by atoms with E-state index in [1.807, 2.05) is 6.07 Å². The van der Waals surface area contributed by atoms with Crippen molar-refractivity contribution in [2.24, 2.45) is 5.73 Å². The van der Waals surface area contributed by atoms with Gasteiger partial charge >= 0.3 is 0 Å². The first-order valence-electron chi connectivity index (χ1n) is 9.37. The van der Waals surface area contributed by atoms with Crippen LogP contribution in [0.1, 0.15) is 28.8 Å². The molecule has 1 aliphatic rings. The second-order valence-corrected chi connectivity index (χ2v) is 6.60. The van der Waals surface area contributed by atoms with E-state index in [4.69, 9.17) is 19.9 Å². The second-order valence-electron chi connectivity index (χ2n) is 6.60. The molecule has 2 aromatic rings. The van der Waals surface area contributed by atoms with E-state index in [0.717, 1.165) is 12.0 Å². The first-order valence-corrected chi connectivity index (χ1v) is 9.37. The second kappa shape index (κ2) is 9.29. The lowest BCUT2D eigenvalue weighted by molar-refractivity contribution is -0.124. The smallest absolute Gasteiger partial charge is 0.252 e. The summed E-state index contributed by atoms with van der Waals surface area (Å²) in [6.07, 6.45) is 1.44. The molecule has 1 unspecified atom stereocenters. The van der Waals surface area contributed by atoms with Crippen LogP contribution in [0.25, 0.3) is 0 Å². The van der Waals surface area contributed by atoms with Crippen molar-refractivity contribution in [1.82, 2.24) is 10.6 Å². The number of rotatable bonds is 7. The van der Waals surface area contributed by atoms with E-state index in [-0.39, 0.29) is 11.8 Å². The monoisotopic (exact) mass is 399 g/mol. The molecule has 0 bridgehead atoms. The van der Waals surface area contributed by atoms with Crippen LogP contribution in [0.2, 0.25) is 0 Å². The lowest BCUT2D eigenvalue weighted by Gasteiger charge is -2.23. The van der Waals surface area contributed by atoms with E-state index in [9.17, 15) is 9.59 Å². The Kier molecular flexibility index (Phi) is 6.56. The first-order chi connectivity index (χ1) is 14.0. The number of methoxy groups -OCH3 is 2. The van der Waals surface area contributed by atoms with Gasteiger partial charge in [-0.3, -0.25) is 9.59 Å². The minimum absolute atomic E-state index is 0.165. The number of piperidine rings is 1. The molecule has 1 saturated heterocycles. The van der Waals surface area contributed by atoms with Crippen LogP contribution in [0, 0.1) is 0 Å². The Bertz CT molecular complexity index is 900. The molecule has 4 N–H and O–H groups in total. The van der Waals surface area contributed by atoms with Gasteiger partial charge in [-0.05, 0) is 37.1 Å². The van der Waals surface area contributed by atoms with Crippen LogP contribution in [0.15, 0.2) is 36.4 Å². The van der Waals surface area contributed by atoms with Gasteiger partial charge in [0.15, 0.2) is 11.5 Å². The fourth-order valence-corrected chi connectivity index (χ4v) is 3.13. The lowest BCUT2D eigenvalue weighted by Crippen LogP contribution is -2.50. The molecule has 154 valence electrons. The minimum Gasteiger partial charge on any atom is -0.496 e. The topological polar surface area (TPSA) is 112 Å². The zero-order valence-corrected chi connectivity index (χ0v) is 16.5. The molecule has 0 spiro atoms. The maximum atomic E-state index is 12.6. The van der Waals surface area contributed by atoms with Crippen LogP contribution in [-0.4, -0.2) is 38.6 Å². The molecular weight excluding hydrogens is 374 g/mol. The normalized spacial score (nSPS) is 16.0. The van der Waals surface area contributed by atoms with Gasteiger partial charge in [0.1, 0.15) is 17.5 Å². The van der Waals surface area contributed by atoms with Crippen molar-refractivity contribution < 1.29 is 23.8 Å². The van der Waals surface area contributed by atoms with Gasteiger partial charge in [0, 0.05) is 30.3 Å². The summed E-state index contributed by atoms with van der Waals surface area (Å²) in [7, 11) is 3.08. The number of hydrogen-bond acceptors (Lipinski definition) is 6. The molecule has 3 rings (SSSR count). The third-order valence-corrected chi connectivity index (χ3v) is 4.72. The number of nitrogens with one attached hydrogen (secondary N) is 2. The Morgan fingerprint density at radius 2 is 1.93 bits per heavy atom. The summed E-state index contributed by atoms with van der Waals surface area (Å²) in [5.41, 5.74) is 6.92. The van der Waals surface area contributed by atoms with Gasteiger partial charge in [-0.1, -0.05) is 6.07 Å². The molecule has 1 aliphatic heterocycles. The van der Waals surface area contributed by atoms with E-state index < -0.39 is 6.04 Å². The van der Waals surface area contributed by atoms with E-state index in [0.29, 0.717) is 48.1 Å². The molecule has 1 fully saturated rings. The fraction of sp³-hybridized carbons (Fsp3) is 0.333. The molecule has 0 radical (unpaired) electrons. The summed E-state index contributed by atoms with van der Waals surface area (Å²) < 4.78 is 16.6. The zero-order valence-electron chi connectivity index (χ0n) is 16.5. The van der Waals surface area contributed by atoms with Gasteiger partial charge in [0.25, 0.3) is 5.91 Å². The van der Waals surface area contributed by atoms with Crippen molar-refractivity contribution in [3.05, 3.63) is 47.5 Å². The molecule has 8 heteroatoms. The van der Waals surface area contributed by atoms with Crippen molar-refractivity contribution >= 4 is 11.8 Å². The molecule has 2 aromatic carbocycles. The van der Waals surface area contributed by atoms with Crippen LogP contribution < -0.4 is 30.6 Å². The summed E-state index contributed by atoms with van der Waals surface area (Å²) in [5, 5.41) is 5.52. The molecule has 2 amide bonds. The summed E-state index contributed by atoms with van der Waals surface area (Å²) in [4.78, 5) is 24.5. The van der Waals surface area contributed by atoms with Crippen molar-refractivity contribution in [2.45, 2.75) is 25.4 Å². The average Bonchev–Trinajstić information content (AvgIpc) is 2.75. The molecule has 0 saturated carbocycles. The zero-order chi connectivity index (χ0) is 20.8. The highest BCUT2D eigenvalue weighted by Gasteiger charge is 2.24. The number of amides is 2. The van der Waals surface area contributed by atoms with Crippen LogP contribution in [-0.2, 0) is 11.3 Å². The Labute approximate surface area is 169 Å². The summed E-state index contributed by atoms with van der Waals surface area (Å²) >= 11 is 0. The predicted molar refractivity (Wildman–Crippen MR) is 107 cm³/mol. The number of benzene rings is 2. The molecule has 1 atom stereocenters. The Morgan fingerprint density at radius 1 is 1.14 bits per heavy atom. The van der Waals surface area contributed by atoms with Crippen LogP contribution >= 0.6 is 0 Å². The largest absolute Gasteiger partial charge is 0.496 e. The Hall–Kier alpha value is -3.26. The molecule has 8 nitrogen and oxygen atoms in total. The number of hydrogen-bond donors (Lipinski definition) is 3. The summed E-state index contributed by atoms with van der Waals surface area (Å²) in [5.74, 6) is 1.45. The molecular formula is C21H25N3O5. The molecule has 0 aromatic heterocycles. The van der Waals surface area contributed by atoms with Crippen LogP contribution in [0.5, 0.6) is 23.0 Å². The number of nitrogens with two attached hydrogens (primary N) is 1. The van der Waals surface area contributed by atoms with Crippen molar-refractivity contribution in [2.75, 3.05) is 20.8 Å². The SMILES string of the molecule is COc1cc(Oc2cc(C(=O)NC3CCCNC3=O)ccc2OC)ccc1CN. The number of ether oxygens (including phenoxy) is 3. The third-order valence-electron chi connectivity index (χ3n) is 4.72. The average molecular weight is 399 g/mol. The lowest BCUT2D eigenvalue weighted by atomic mass is 10.1. The standard InChI is InChI=1S/C21H25N3O5/c1-27-17-8-6-13(20(25)24-16-4-3-9-23-21(16)26)10-19(17)29-15-7-5-14(12-22)18(11-15)28-2/h5-8,10-11,16H,3-4,9,12,22H2,1-2H3,(H,23,26)(H,24,25). The van der Waals surface area contributed by atoms with Gasteiger partial charge in [-0.25, -0.2) is 0 Å². The maximum absolute atomic E-state index is 12.6. The quantitative estimate of drug-likeness (QED) is 0.656. The molecule has 1 heterocycles. The van der Waals surface area contributed by atoms with Crippen molar-refractivity contribution in [3.8, 4) is 23.0 Å². The predicted octanol–water partition coefficient (Wildman–Crippen LogP) is 1.96. The van der Waals surface area contributed by atoms with Gasteiger partial charge in [0.2, 0.25) is 5.91 Å². The highest BCUT2D eigenvalue weighted by atomic mass is 16.5. The van der Waals surface area contributed by atoms with E-state index in [1.54, 1.807) is 37.4 Å². The van der Waals surface area contributed by atoms with Crippen LogP contribution in [0.4, 0.5) is 0 Å². The highest BCUT2D eigenvalue weighted by Crippen LogP contribution is 2.34. The maximum Gasteiger partial charge on any atom is 0.252 e. The van der Waals surface area contributed by atoms with E-state index in [2.05, 4.69) is 10.6 Å². The fourth-order valence-electron chi connectivity index (χ4n) is 3.13. The third kappa shape index (κ3) is 4.78. The first kappa shape index (κ1) is 20.5. The van der Waals surface area contributed by atoms with Crippen molar-refractivity contribution in [1.29, 1.82) is 0 Å². The molecule has 0 aliphatic carbocycles. The van der Waals surface area contributed by atoms with Crippen LogP contribution in [0.3, 0.4) is 0 Å². The van der Waals surface area contributed by atoms with Gasteiger partial charge < -0.3 is 30.6 Å². The van der Waals surface area contributed by atoms with Gasteiger partial charge in [-0.15, -0.1) is 0 Å². The van der Waals surface area contributed by atoms with Gasteiger partial charge in [0.05, 0.1) is 14.2 Å².